The van der Waals surface area contributed by atoms with Gasteiger partial charge in [0.15, 0.2) is 18.2 Å². The number of carbonyl (C=O) groups is 1. The van der Waals surface area contributed by atoms with E-state index in [2.05, 4.69) is 4.90 Å². The summed E-state index contributed by atoms with van der Waals surface area (Å²) in [6.45, 7) is 3.28. The lowest BCUT2D eigenvalue weighted by Gasteiger charge is -2.34. The van der Waals surface area contributed by atoms with E-state index in [1.165, 1.54) is 25.0 Å². The summed E-state index contributed by atoms with van der Waals surface area (Å²) < 4.78 is 18.6. The van der Waals surface area contributed by atoms with Crippen molar-refractivity contribution in [3.8, 4) is 5.75 Å². The van der Waals surface area contributed by atoms with Crippen LogP contribution in [0.2, 0.25) is 0 Å². The topological polar surface area (TPSA) is 32.8 Å². The Labute approximate surface area is 118 Å². The smallest absolute Gasteiger partial charge is 0.260 e. The van der Waals surface area contributed by atoms with Gasteiger partial charge in [0.05, 0.1) is 0 Å². The van der Waals surface area contributed by atoms with Crippen LogP contribution in [0.25, 0.3) is 0 Å². The van der Waals surface area contributed by atoms with Crippen molar-refractivity contribution in [3.05, 3.63) is 30.1 Å². The maximum atomic E-state index is 13.4. The summed E-state index contributed by atoms with van der Waals surface area (Å²) in [5, 5.41) is 0. The average molecular weight is 278 g/mol. The van der Waals surface area contributed by atoms with Crippen molar-refractivity contribution in [2.24, 2.45) is 0 Å². The van der Waals surface area contributed by atoms with Gasteiger partial charge in [0.1, 0.15) is 0 Å². The van der Waals surface area contributed by atoms with E-state index in [1.807, 2.05) is 0 Å². The van der Waals surface area contributed by atoms with Crippen LogP contribution >= 0.6 is 0 Å². The largest absolute Gasteiger partial charge is 0.481 e. The molecule has 0 spiro atoms. The van der Waals surface area contributed by atoms with Gasteiger partial charge in [-0.1, -0.05) is 12.1 Å². The van der Waals surface area contributed by atoms with Crippen LogP contribution in [0.1, 0.15) is 12.8 Å². The highest BCUT2D eigenvalue weighted by Gasteiger charge is 2.32. The van der Waals surface area contributed by atoms with Crippen LogP contribution in [0.4, 0.5) is 4.39 Å². The minimum Gasteiger partial charge on any atom is -0.481 e. The molecule has 1 aliphatic carbocycles. The molecule has 1 aliphatic heterocycles. The number of halogens is 1. The molecule has 0 aromatic heterocycles. The number of piperazine rings is 1. The molecule has 1 aromatic carbocycles. The lowest BCUT2D eigenvalue weighted by Crippen LogP contribution is -2.50. The minimum atomic E-state index is -0.432. The van der Waals surface area contributed by atoms with Gasteiger partial charge in [-0.3, -0.25) is 9.69 Å². The summed E-state index contributed by atoms with van der Waals surface area (Å²) in [4.78, 5) is 16.3. The van der Waals surface area contributed by atoms with Gasteiger partial charge in [-0.15, -0.1) is 0 Å². The van der Waals surface area contributed by atoms with E-state index in [1.54, 1.807) is 17.0 Å². The van der Waals surface area contributed by atoms with E-state index in [0.717, 1.165) is 32.2 Å². The van der Waals surface area contributed by atoms with Crippen molar-refractivity contribution in [1.82, 2.24) is 9.80 Å². The summed E-state index contributed by atoms with van der Waals surface area (Å²) in [5.74, 6) is -0.361. The van der Waals surface area contributed by atoms with E-state index < -0.39 is 5.82 Å². The lowest BCUT2D eigenvalue weighted by atomic mass is 10.3. The molecular formula is C15H19FN2O2. The first-order chi connectivity index (χ1) is 9.74. The zero-order valence-electron chi connectivity index (χ0n) is 11.4. The number of rotatable bonds is 4. The molecule has 1 saturated carbocycles. The number of benzene rings is 1. The van der Waals surface area contributed by atoms with Crippen molar-refractivity contribution in [2.45, 2.75) is 18.9 Å². The SMILES string of the molecule is O=C(COc1ccccc1F)N1CCN(C2CC2)CC1. The third-order valence-corrected chi connectivity index (χ3v) is 3.92. The standard InChI is InChI=1S/C15H19FN2O2/c16-13-3-1-2-4-14(13)20-11-15(19)18-9-7-17(8-10-18)12-5-6-12/h1-4,12H,5-11H2. The van der Waals surface area contributed by atoms with Crippen LogP contribution < -0.4 is 4.74 Å². The fourth-order valence-corrected chi connectivity index (χ4v) is 2.57. The Morgan fingerprint density at radius 1 is 1.20 bits per heavy atom. The maximum absolute atomic E-state index is 13.4. The number of carbonyl (C=O) groups excluding carboxylic acids is 1. The average Bonchev–Trinajstić information content (AvgIpc) is 3.31. The van der Waals surface area contributed by atoms with Crippen LogP contribution in [0.15, 0.2) is 24.3 Å². The number of ether oxygens (including phenoxy) is 1. The number of nitrogens with zero attached hydrogens (tertiary/aromatic N) is 2. The van der Waals surface area contributed by atoms with Crippen molar-refractivity contribution < 1.29 is 13.9 Å². The molecule has 3 rings (SSSR count). The first kappa shape index (κ1) is 13.4. The molecular weight excluding hydrogens is 259 g/mol. The second-order valence-corrected chi connectivity index (χ2v) is 5.37. The van der Waals surface area contributed by atoms with Gasteiger partial charge in [-0.05, 0) is 25.0 Å². The molecule has 1 saturated heterocycles. The third-order valence-electron chi connectivity index (χ3n) is 3.92. The quantitative estimate of drug-likeness (QED) is 0.837. The van der Waals surface area contributed by atoms with E-state index in [9.17, 15) is 9.18 Å². The molecule has 2 fully saturated rings. The van der Waals surface area contributed by atoms with Gasteiger partial charge < -0.3 is 9.64 Å². The predicted molar refractivity (Wildman–Crippen MR) is 73.1 cm³/mol. The molecule has 1 amide bonds. The summed E-state index contributed by atoms with van der Waals surface area (Å²) in [6, 6.07) is 6.90. The molecule has 4 nitrogen and oxygen atoms in total. The Bertz CT molecular complexity index is 483. The van der Waals surface area contributed by atoms with Gasteiger partial charge >= 0.3 is 0 Å². The molecule has 2 aliphatic rings. The molecule has 5 heteroatoms. The van der Waals surface area contributed by atoms with E-state index in [4.69, 9.17) is 4.74 Å². The van der Waals surface area contributed by atoms with Gasteiger partial charge in [-0.2, -0.15) is 0 Å². The third kappa shape index (κ3) is 3.10. The summed E-state index contributed by atoms with van der Waals surface area (Å²) in [6.07, 6.45) is 2.59. The van der Waals surface area contributed by atoms with Gasteiger partial charge in [0.25, 0.3) is 5.91 Å². The van der Waals surface area contributed by atoms with Crippen LogP contribution in [-0.2, 0) is 4.79 Å². The Morgan fingerprint density at radius 2 is 1.90 bits per heavy atom. The number of para-hydroxylation sites is 1. The molecule has 0 N–H and O–H groups in total. The van der Waals surface area contributed by atoms with Crippen LogP contribution in [-0.4, -0.2) is 54.5 Å². The van der Waals surface area contributed by atoms with Crippen LogP contribution in [0, 0.1) is 5.82 Å². The Balaban J connectivity index is 1.46. The van der Waals surface area contributed by atoms with E-state index >= 15 is 0 Å². The number of amides is 1. The van der Waals surface area contributed by atoms with Crippen molar-refractivity contribution in [3.63, 3.8) is 0 Å². The van der Waals surface area contributed by atoms with Crippen LogP contribution in [0.3, 0.4) is 0 Å². The molecule has 0 radical (unpaired) electrons. The molecule has 20 heavy (non-hydrogen) atoms. The monoisotopic (exact) mass is 278 g/mol. The number of hydrogen-bond acceptors (Lipinski definition) is 3. The lowest BCUT2D eigenvalue weighted by molar-refractivity contribution is -0.135. The first-order valence-corrected chi connectivity index (χ1v) is 7.13. The fraction of sp³-hybridized carbons (Fsp3) is 0.533. The summed E-state index contributed by atoms with van der Waals surface area (Å²) in [7, 11) is 0. The van der Waals surface area contributed by atoms with Gasteiger partial charge in [0.2, 0.25) is 0 Å². The highest BCUT2D eigenvalue weighted by atomic mass is 19.1. The molecule has 0 unspecified atom stereocenters. The van der Waals surface area contributed by atoms with E-state index in [-0.39, 0.29) is 18.3 Å². The normalized spacial score (nSPS) is 19.9. The second kappa shape index (κ2) is 5.79. The zero-order chi connectivity index (χ0) is 13.9. The predicted octanol–water partition coefficient (Wildman–Crippen LogP) is 1.51. The Morgan fingerprint density at radius 3 is 2.55 bits per heavy atom. The van der Waals surface area contributed by atoms with Crippen molar-refractivity contribution >= 4 is 5.91 Å². The Hall–Kier alpha value is -1.62. The van der Waals surface area contributed by atoms with E-state index in [0.29, 0.717) is 0 Å². The highest BCUT2D eigenvalue weighted by Crippen LogP contribution is 2.27. The van der Waals surface area contributed by atoms with Gasteiger partial charge in [0, 0.05) is 32.2 Å². The Kier molecular flexibility index (Phi) is 3.87. The summed E-state index contributed by atoms with van der Waals surface area (Å²) in [5.41, 5.74) is 0. The van der Waals surface area contributed by atoms with Crippen molar-refractivity contribution in [1.29, 1.82) is 0 Å². The molecule has 0 atom stereocenters. The van der Waals surface area contributed by atoms with Gasteiger partial charge in [-0.25, -0.2) is 4.39 Å². The number of hydrogen-bond donors (Lipinski definition) is 0. The molecule has 1 heterocycles. The van der Waals surface area contributed by atoms with Crippen LogP contribution in [0.5, 0.6) is 5.75 Å². The molecule has 1 aromatic rings. The van der Waals surface area contributed by atoms with Crippen molar-refractivity contribution in [2.75, 3.05) is 32.8 Å². The molecule has 0 bridgehead atoms. The minimum absolute atomic E-state index is 0.0660. The molecule has 108 valence electrons. The fourth-order valence-electron chi connectivity index (χ4n) is 2.57. The summed E-state index contributed by atoms with van der Waals surface area (Å²) >= 11 is 0. The second-order valence-electron chi connectivity index (χ2n) is 5.37. The maximum Gasteiger partial charge on any atom is 0.260 e. The first-order valence-electron chi connectivity index (χ1n) is 7.13. The highest BCUT2D eigenvalue weighted by molar-refractivity contribution is 5.77. The zero-order valence-corrected chi connectivity index (χ0v) is 11.4.